The van der Waals surface area contributed by atoms with Crippen LogP contribution in [0, 0.1) is 22.9 Å². The molecule has 1 N–H and O–H groups in total. The third-order valence-corrected chi connectivity index (χ3v) is 3.34. The van der Waals surface area contributed by atoms with Gasteiger partial charge in [0.05, 0.1) is 4.92 Å². The molecule has 0 aliphatic rings. The molecule has 0 spiro atoms. The molecule has 0 saturated carbocycles. The van der Waals surface area contributed by atoms with Crippen molar-refractivity contribution < 1.29 is 14.1 Å². The lowest BCUT2D eigenvalue weighted by molar-refractivity contribution is -0.385. The zero-order valence-electron chi connectivity index (χ0n) is 12.1. The lowest BCUT2D eigenvalue weighted by atomic mass is 10.2. The van der Waals surface area contributed by atoms with E-state index < -0.39 is 11.0 Å². The van der Waals surface area contributed by atoms with Crippen molar-refractivity contribution in [2.75, 3.05) is 0 Å². The molecule has 7 nitrogen and oxygen atoms in total. The fourth-order valence-corrected chi connectivity index (χ4v) is 2.03. The smallest absolute Gasteiger partial charge is 0.309 e. The monoisotopic (exact) mass is 306 g/mol. The minimum atomic E-state index is -0.686. The Morgan fingerprint density at radius 1 is 1.45 bits per heavy atom. The minimum absolute atomic E-state index is 0.127. The number of benzene rings is 1. The summed E-state index contributed by atoms with van der Waals surface area (Å²) in [6.07, 6.45) is 1.12. The van der Waals surface area contributed by atoms with Crippen LogP contribution in [0.25, 0.3) is 0 Å². The van der Waals surface area contributed by atoms with Gasteiger partial charge in [-0.2, -0.15) is 5.10 Å². The van der Waals surface area contributed by atoms with Crippen molar-refractivity contribution >= 4 is 11.6 Å². The number of carbonyl (C=O) groups is 1. The molecule has 1 unspecified atom stereocenters. The summed E-state index contributed by atoms with van der Waals surface area (Å²) in [4.78, 5) is 22.3. The van der Waals surface area contributed by atoms with Crippen LogP contribution in [0.4, 0.5) is 10.1 Å². The number of hydrogen-bond acceptors (Lipinski definition) is 4. The predicted molar refractivity (Wildman–Crippen MR) is 76.6 cm³/mol. The largest absolute Gasteiger partial charge is 0.350 e. The highest BCUT2D eigenvalue weighted by atomic mass is 19.1. The summed E-state index contributed by atoms with van der Waals surface area (Å²) in [5, 5.41) is 17.4. The minimum Gasteiger partial charge on any atom is -0.350 e. The maximum absolute atomic E-state index is 12.8. The Hall–Kier alpha value is -2.77. The first-order valence-electron chi connectivity index (χ1n) is 6.61. The first kappa shape index (κ1) is 15.6. The highest BCUT2D eigenvalue weighted by Gasteiger charge is 2.23. The van der Waals surface area contributed by atoms with E-state index in [2.05, 4.69) is 10.4 Å². The van der Waals surface area contributed by atoms with E-state index in [1.807, 2.05) is 0 Å². The van der Waals surface area contributed by atoms with E-state index in [4.69, 9.17) is 0 Å². The highest BCUT2D eigenvalue weighted by molar-refractivity contribution is 5.79. The molecule has 1 amide bonds. The van der Waals surface area contributed by atoms with E-state index in [1.54, 1.807) is 19.1 Å². The molecule has 0 radical (unpaired) electrons. The molecule has 0 aliphatic heterocycles. The molecule has 116 valence electrons. The summed E-state index contributed by atoms with van der Waals surface area (Å²) in [6, 6.07) is 5.08. The fourth-order valence-electron chi connectivity index (χ4n) is 2.03. The van der Waals surface area contributed by atoms with Gasteiger partial charge < -0.3 is 5.32 Å². The van der Waals surface area contributed by atoms with Crippen LogP contribution in [0.3, 0.4) is 0 Å². The Balaban J connectivity index is 2.03. The number of hydrogen-bond donors (Lipinski definition) is 1. The van der Waals surface area contributed by atoms with Crippen LogP contribution >= 0.6 is 0 Å². The summed E-state index contributed by atoms with van der Waals surface area (Å²) in [5.74, 6) is -0.673. The van der Waals surface area contributed by atoms with Crippen LogP contribution < -0.4 is 5.32 Å². The molecule has 2 aromatic rings. The number of carbonyl (C=O) groups excluding carboxylic acids is 1. The summed E-state index contributed by atoms with van der Waals surface area (Å²) in [6.45, 7) is 3.38. The Morgan fingerprint density at radius 2 is 2.09 bits per heavy atom. The van der Waals surface area contributed by atoms with Gasteiger partial charge in [0.25, 0.3) is 0 Å². The summed E-state index contributed by atoms with van der Waals surface area (Å²) in [5.41, 5.74) is 0.942. The van der Waals surface area contributed by atoms with Gasteiger partial charge in [0, 0.05) is 6.54 Å². The van der Waals surface area contributed by atoms with Crippen molar-refractivity contribution in [1.82, 2.24) is 15.1 Å². The lowest BCUT2D eigenvalue weighted by Gasteiger charge is -2.14. The van der Waals surface area contributed by atoms with Crippen molar-refractivity contribution in [2.45, 2.75) is 26.4 Å². The van der Waals surface area contributed by atoms with Gasteiger partial charge in [0.15, 0.2) is 0 Å². The molecule has 1 aromatic heterocycles. The number of halogens is 1. The fraction of sp³-hybridized carbons (Fsp3) is 0.286. The Bertz CT molecular complexity index is 697. The molecule has 0 saturated heterocycles. The second-order valence-electron chi connectivity index (χ2n) is 4.84. The molecular formula is C14H15FN4O3. The Kier molecular flexibility index (Phi) is 4.50. The standard InChI is InChI=1S/C14H15FN4O3/c1-9-13(19(21)22)8-17-18(9)10(2)14(20)16-7-11-3-5-12(15)6-4-11/h3-6,8,10H,7H2,1-2H3,(H,16,20). The molecule has 1 atom stereocenters. The number of rotatable bonds is 5. The Labute approximate surface area is 125 Å². The van der Waals surface area contributed by atoms with E-state index in [-0.39, 0.29) is 24.0 Å². The number of nitrogens with zero attached hydrogens (tertiary/aromatic N) is 3. The van der Waals surface area contributed by atoms with Crippen molar-refractivity contribution in [3.05, 3.63) is 57.7 Å². The van der Waals surface area contributed by atoms with E-state index in [1.165, 1.54) is 23.7 Å². The zero-order chi connectivity index (χ0) is 16.3. The maximum Gasteiger partial charge on any atom is 0.309 e. The van der Waals surface area contributed by atoms with Crippen molar-refractivity contribution in [3.8, 4) is 0 Å². The van der Waals surface area contributed by atoms with Crippen molar-refractivity contribution in [2.24, 2.45) is 0 Å². The number of nitrogens with one attached hydrogen (secondary N) is 1. The van der Waals surface area contributed by atoms with Crippen LogP contribution in [0.1, 0.15) is 24.2 Å². The zero-order valence-corrected chi connectivity index (χ0v) is 12.1. The predicted octanol–water partition coefficient (Wildman–Crippen LogP) is 2.12. The number of amides is 1. The van der Waals surface area contributed by atoms with Crippen LogP contribution in [-0.2, 0) is 11.3 Å². The average molecular weight is 306 g/mol. The second-order valence-corrected chi connectivity index (χ2v) is 4.84. The second kappa shape index (κ2) is 6.33. The normalized spacial score (nSPS) is 12.0. The quantitative estimate of drug-likeness (QED) is 0.676. The molecule has 8 heteroatoms. The van der Waals surface area contributed by atoms with E-state index in [0.717, 1.165) is 11.8 Å². The van der Waals surface area contributed by atoms with Gasteiger partial charge in [0.2, 0.25) is 5.91 Å². The molecular weight excluding hydrogens is 291 g/mol. The lowest BCUT2D eigenvalue weighted by Crippen LogP contribution is -2.31. The third kappa shape index (κ3) is 3.27. The molecule has 0 aliphatic carbocycles. The first-order valence-corrected chi connectivity index (χ1v) is 6.61. The van der Waals surface area contributed by atoms with Crippen LogP contribution in [-0.4, -0.2) is 20.6 Å². The van der Waals surface area contributed by atoms with Gasteiger partial charge in [-0.3, -0.25) is 19.6 Å². The molecule has 0 bridgehead atoms. The van der Waals surface area contributed by atoms with Crippen LogP contribution in [0.2, 0.25) is 0 Å². The molecule has 0 fully saturated rings. The molecule has 1 aromatic carbocycles. The topological polar surface area (TPSA) is 90.1 Å². The van der Waals surface area contributed by atoms with E-state index in [0.29, 0.717) is 5.69 Å². The molecule has 2 rings (SSSR count). The third-order valence-electron chi connectivity index (χ3n) is 3.34. The molecule has 22 heavy (non-hydrogen) atoms. The van der Waals surface area contributed by atoms with Crippen LogP contribution in [0.15, 0.2) is 30.5 Å². The van der Waals surface area contributed by atoms with Gasteiger partial charge >= 0.3 is 5.69 Å². The van der Waals surface area contributed by atoms with Gasteiger partial charge in [-0.15, -0.1) is 0 Å². The van der Waals surface area contributed by atoms with E-state index >= 15 is 0 Å². The summed E-state index contributed by atoms with van der Waals surface area (Å²) >= 11 is 0. The van der Waals surface area contributed by atoms with E-state index in [9.17, 15) is 19.3 Å². The van der Waals surface area contributed by atoms with Crippen LogP contribution in [0.5, 0.6) is 0 Å². The number of aromatic nitrogens is 2. The number of nitro groups is 1. The van der Waals surface area contributed by atoms with Gasteiger partial charge in [-0.25, -0.2) is 4.39 Å². The average Bonchev–Trinajstić information content (AvgIpc) is 2.87. The summed E-state index contributed by atoms with van der Waals surface area (Å²) in [7, 11) is 0. The van der Waals surface area contributed by atoms with Gasteiger partial charge in [-0.1, -0.05) is 12.1 Å². The van der Waals surface area contributed by atoms with Crippen molar-refractivity contribution in [3.63, 3.8) is 0 Å². The molecule has 1 heterocycles. The maximum atomic E-state index is 12.8. The van der Waals surface area contributed by atoms with Gasteiger partial charge in [-0.05, 0) is 31.5 Å². The highest BCUT2D eigenvalue weighted by Crippen LogP contribution is 2.20. The first-order chi connectivity index (χ1) is 10.4. The van der Waals surface area contributed by atoms with Crippen molar-refractivity contribution in [1.29, 1.82) is 0 Å². The SMILES string of the molecule is Cc1c([N+](=O)[O-])cnn1C(C)C(=O)NCc1ccc(F)cc1. The summed E-state index contributed by atoms with van der Waals surface area (Å²) < 4.78 is 14.1. The van der Waals surface area contributed by atoms with Gasteiger partial charge in [0.1, 0.15) is 23.7 Å². The Morgan fingerprint density at radius 3 is 2.64 bits per heavy atom.